The lowest BCUT2D eigenvalue weighted by molar-refractivity contribution is 0.401. The Kier molecular flexibility index (Phi) is 20.7. The van der Waals surface area contributed by atoms with Crippen LogP contribution in [0.15, 0.2) is 209 Å². The summed E-state index contributed by atoms with van der Waals surface area (Å²) in [7, 11) is 0. The van der Waals surface area contributed by atoms with Crippen molar-refractivity contribution in [3.8, 4) is 90.3 Å². The molecule has 0 bridgehead atoms. The van der Waals surface area contributed by atoms with Crippen molar-refractivity contribution in [1.82, 2.24) is 20.4 Å². The summed E-state index contributed by atoms with van der Waals surface area (Å²) in [6.45, 7) is 22.7. The predicted molar refractivity (Wildman–Crippen MR) is 414 cm³/mol. The van der Waals surface area contributed by atoms with Crippen molar-refractivity contribution in [2.45, 2.75) is 219 Å². The second-order valence-corrected chi connectivity index (χ2v) is 30.7. The van der Waals surface area contributed by atoms with Gasteiger partial charge < -0.3 is 13.7 Å². The topological polar surface area (TPSA) is 81.1 Å². The molecule has 99 heavy (non-hydrogen) atoms. The van der Waals surface area contributed by atoms with Gasteiger partial charge in [0, 0.05) is 50.1 Å². The molecular formula is C92H103N5O2. The lowest BCUT2D eigenvalue weighted by atomic mass is 9.70. The molecule has 0 spiro atoms. The standard InChI is InChI=1S/C92H103N5O2/c1-11-15-19-26-56-91(57-27-20-16-12-2)81-60-70(64-32-36-66(37-33-64)85-93-95-87(98-85)68-40-46-72(47-41-68)89(5,6)7)44-52-77(81)79-54-50-75(62-83(79)91)97(74-30-24-23-25-31-74)76-51-55-80-78-53-45-71(61-82(78)92(84(80)63-76,58-28-21-17-13-3)59-29-22-18-14-4)65-34-38-67(39-35-65)86-94-96-88(99-86)69-42-48-73(49-43-69)90(8,9)10/h23-25,30-55,60-63H,11-22,26-29,56-59H2,1-10H3. The average molecular weight is 1310 g/mol. The van der Waals surface area contributed by atoms with E-state index in [9.17, 15) is 0 Å². The minimum absolute atomic E-state index is 0.0640. The Morgan fingerprint density at radius 2 is 0.566 bits per heavy atom. The number of para-hydroxylation sites is 1. The summed E-state index contributed by atoms with van der Waals surface area (Å²) in [5.74, 6) is 2.11. The van der Waals surface area contributed by atoms with Gasteiger partial charge in [-0.05, 0) is 211 Å². The number of unbranched alkanes of at least 4 members (excludes halogenated alkanes) is 12. The highest BCUT2D eigenvalue weighted by atomic mass is 16.4. The molecule has 508 valence electrons. The Balaban J connectivity index is 0.868. The van der Waals surface area contributed by atoms with Crippen LogP contribution in [0.5, 0.6) is 0 Å². The molecule has 2 heterocycles. The SMILES string of the molecule is CCCCCCC1(CCCCCC)c2cc(-c3ccc(-c4nnc(-c5ccc(C(C)(C)C)cc5)o4)cc3)ccc2-c2ccc(N(c3ccccc3)c3ccc4c(c3)C(CCCCCC)(CCCCCC)c3cc(-c5ccc(-c6nnc(-c7ccc(C(C)(C)C)cc7)o6)cc5)ccc3-4)cc21. The Labute approximate surface area is 591 Å². The minimum atomic E-state index is -0.161. The second-order valence-electron chi connectivity index (χ2n) is 30.7. The Bertz CT molecular complexity index is 4210. The van der Waals surface area contributed by atoms with Crippen LogP contribution in [0, 0.1) is 0 Å². The van der Waals surface area contributed by atoms with Crippen molar-refractivity contribution >= 4 is 17.1 Å². The average Bonchev–Trinajstić information content (AvgIpc) is 1.57. The molecule has 0 saturated carbocycles. The van der Waals surface area contributed by atoms with Crippen LogP contribution in [0.4, 0.5) is 17.1 Å². The van der Waals surface area contributed by atoms with Crippen LogP contribution in [-0.2, 0) is 21.7 Å². The van der Waals surface area contributed by atoms with E-state index < -0.39 is 0 Å². The van der Waals surface area contributed by atoms with Crippen LogP contribution in [-0.4, -0.2) is 20.4 Å². The van der Waals surface area contributed by atoms with Crippen molar-refractivity contribution in [3.63, 3.8) is 0 Å². The highest BCUT2D eigenvalue weighted by Gasteiger charge is 2.45. The third-order valence-electron chi connectivity index (χ3n) is 21.8. The first kappa shape index (κ1) is 68.6. The van der Waals surface area contributed by atoms with Gasteiger partial charge in [0.2, 0.25) is 23.6 Å². The van der Waals surface area contributed by atoms with Gasteiger partial charge in [0.1, 0.15) is 0 Å². The number of hydrogen-bond donors (Lipinski definition) is 0. The molecule has 0 unspecified atom stereocenters. The third kappa shape index (κ3) is 14.3. The van der Waals surface area contributed by atoms with Crippen LogP contribution in [0.1, 0.15) is 231 Å². The molecule has 9 aromatic carbocycles. The summed E-state index contributed by atoms with van der Waals surface area (Å²) < 4.78 is 12.7. The van der Waals surface area contributed by atoms with Gasteiger partial charge in [-0.1, -0.05) is 275 Å². The van der Waals surface area contributed by atoms with Crippen molar-refractivity contribution in [3.05, 3.63) is 234 Å². The van der Waals surface area contributed by atoms with Crippen LogP contribution in [0.25, 0.3) is 90.3 Å². The lowest BCUT2D eigenvalue weighted by Crippen LogP contribution is -2.26. The summed E-state index contributed by atoms with van der Waals surface area (Å²) >= 11 is 0. The van der Waals surface area contributed by atoms with Crippen LogP contribution in [0.3, 0.4) is 0 Å². The summed E-state index contributed by atoms with van der Waals surface area (Å²) in [6, 6.07) is 75.6. The maximum absolute atomic E-state index is 6.34. The summed E-state index contributed by atoms with van der Waals surface area (Å²) in [4.78, 5) is 2.59. The minimum Gasteiger partial charge on any atom is -0.416 e. The van der Waals surface area contributed by atoms with E-state index in [-0.39, 0.29) is 21.7 Å². The van der Waals surface area contributed by atoms with Crippen LogP contribution in [0.2, 0.25) is 0 Å². The Morgan fingerprint density at radius 1 is 0.283 bits per heavy atom. The smallest absolute Gasteiger partial charge is 0.248 e. The summed E-state index contributed by atoms with van der Waals surface area (Å²) in [5, 5.41) is 18.1. The monoisotopic (exact) mass is 1310 g/mol. The fourth-order valence-corrected chi connectivity index (χ4v) is 16.1. The number of hydrogen-bond acceptors (Lipinski definition) is 7. The first-order valence-corrected chi connectivity index (χ1v) is 37.7. The number of fused-ring (bicyclic) bond motifs is 6. The molecule has 13 rings (SSSR count). The van der Waals surface area contributed by atoms with Crippen molar-refractivity contribution in [1.29, 1.82) is 0 Å². The lowest BCUT2D eigenvalue weighted by Gasteiger charge is -2.35. The number of benzene rings is 9. The zero-order chi connectivity index (χ0) is 68.7. The number of nitrogens with zero attached hydrogens (tertiary/aromatic N) is 5. The fraction of sp³-hybridized carbons (Fsp3) is 0.370. The van der Waals surface area contributed by atoms with Gasteiger partial charge in [-0.2, -0.15) is 0 Å². The Morgan fingerprint density at radius 3 is 0.879 bits per heavy atom. The van der Waals surface area contributed by atoms with Gasteiger partial charge in [0.25, 0.3) is 0 Å². The maximum atomic E-state index is 6.34. The number of anilines is 3. The molecule has 2 aromatic heterocycles. The highest BCUT2D eigenvalue weighted by molar-refractivity contribution is 5.90. The third-order valence-corrected chi connectivity index (χ3v) is 21.8. The van der Waals surface area contributed by atoms with Gasteiger partial charge in [-0.15, -0.1) is 20.4 Å². The van der Waals surface area contributed by atoms with Gasteiger partial charge in [-0.3, -0.25) is 0 Å². The highest BCUT2D eigenvalue weighted by Crippen LogP contribution is 2.59. The van der Waals surface area contributed by atoms with Gasteiger partial charge in [0.15, 0.2) is 0 Å². The van der Waals surface area contributed by atoms with Crippen LogP contribution < -0.4 is 4.90 Å². The molecule has 2 aliphatic rings. The first-order chi connectivity index (χ1) is 48.1. The fourth-order valence-electron chi connectivity index (χ4n) is 16.1. The molecule has 0 amide bonds. The van der Waals surface area contributed by atoms with E-state index in [0.717, 1.165) is 47.9 Å². The molecular weight excluding hydrogens is 1210 g/mol. The first-order valence-electron chi connectivity index (χ1n) is 37.7. The normalized spacial score (nSPS) is 13.5. The molecule has 2 aliphatic carbocycles. The molecule has 0 N–H and O–H groups in total. The van der Waals surface area contributed by atoms with E-state index in [4.69, 9.17) is 8.83 Å². The van der Waals surface area contributed by atoms with Gasteiger partial charge in [0.05, 0.1) is 0 Å². The van der Waals surface area contributed by atoms with E-state index in [1.165, 1.54) is 198 Å². The zero-order valence-corrected chi connectivity index (χ0v) is 60.7. The number of rotatable bonds is 29. The maximum Gasteiger partial charge on any atom is 0.248 e. The van der Waals surface area contributed by atoms with Crippen molar-refractivity contribution in [2.75, 3.05) is 4.90 Å². The van der Waals surface area contributed by atoms with E-state index in [0.29, 0.717) is 23.6 Å². The Hall–Kier alpha value is -8.94. The summed E-state index contributed by atoms with van der Waals surface area (Å²) in [5.41, 5.74) is 25.9. The van der Waals surface area contributed by atoms with Crippen LogP contribution >= 0.6 is 0 Å². The van der Waals surface area contributed by atoms with E-state index in [2.05, 4.69) is 295 Å². The second kappa shape index (κ2) is 29.9. The molecule has 7 nitrogen and oxygen atoms in total. The predicted octanol–water partition coefficient (Wildman–Crippen LogP) is 26.9. The quantitative estimate of drug-likeness (QED) is 0.0432. The number of aromatic nitrogens is 4. The van der Waals surface area contributed by atoms with E-state index in [1.54, 1.807) is 0 Å². The molecule has 0 aliphatic heterocycles. The molecule has 11 aromatic rings. The zero-order valence-electron chi connectivity index (χ0n) is 60.7. The van der Waals surface area contributed by atoms with E-state index in [1.807, 2.05) is 0 Å². The van der Waals surface area contributed by atoms with Gasteiger partial charge in [-0.25, -0.2) is 0 Å². The van der Waals surface area contributed by atoms with E-state index >= 15 is 0 Å². The molecule has 0 fully saturated rings. The molecule has 7 heteroatoms. The van der Waals surface area contributed by atoms with Crippen molar-refractivity contribution < 1.29 is 8.83 Å². The van der Waals surface area contributed by atoms with Crippen molar-refractivity contribution in [2.24, 2.45) is 0 Å². The summed E-state index contributed by atoms with van der Waals surface area (Å²) in [6.07, 6.45) is 24.0. The van der Waals surface area contributed by atoms with Gasteiger partial charge >= 0.3 is 0 Å². The molecule has 0 saturated heterocycles. The molecule has 0 atom stereocenters. The largest absolute Gasteiger partial charge is 0.416 e. The molecule has 0 radical (unpaired) electrons.